The average molecular weight is 208 g/mol. The van der Waals surface area contributed by atoms with Gasteiger partial charge < -0.3 is 10.2 Å². The highest BCUT2D eigenvalue weighted by atomic mass is 16.3. The fraction of sp³-hybridized carbons (Fsp3) is 0.692. The van der Waals surface area contributed by atoms with Gasteiger partial charge in [0.1, 0.15) is 0 Å². The van der Waals surface area contributed by atoms with E-state index in [-0.39, 0.29) is 24.0 Å². The van der Waals surface area contributed by atoms with E-state index >= 15 is 0 Å². The third-order valence-electron chi connectivity index (χ3n) is 3.89. The van der Waals surface area contributed by atoms with Crippen molar-refractivity contribution in [3.05, 3.63) is 23.3 Å². The van der Waals surface area contributed by atoms with Crippen LogP contribution in [0, 0.1) is 11.3 Å². The Hall–Kier alpha value is -0.600. The van der Waals surface area contributed by atoms with Crippen molar-refractivity contribution < 1.29 is 10.2 Å². The first-order chi connectivity index (χ1) is 6.95. The molecular weight excluding hydrogens is 188 g/mol. The minimum absolute atomic E-state index is 0.0506. The molecule has 2 unspecified atom stereocenters. The highest BCUT2D eigenvalue weighted by Gasteiger charge is 2.46. The quantitative estimate of drug-likeness (QED) is 0.647. The number of hydrogen-bond donors (Lipinski definition) is 2. The molecule has 2 aliphatic carbocycles. The summed E-state index contributed by atoms with van der Waals surface area (Å²) >= 11 is 0. The lowest BCUT2D eigenvalue weighted by atomic mass is 9.81. The summed E-state index contributed by atoms with van der Waals surface area (Å²) in [6, 6.07) is 0. The van der Waals surface area contributed by atoms with Crippen LogP contribution in [0.3, 0.4) is 0 Å². The molecule has 2 heteroatoms. The number of hydrogen-bond acceptors (Lipinski definition) is 2. The van der Waals surface area contributed by atoms with Crippen molar-refractivity contribution in [2.45, 2.75) is 39.2 Å². The molecule has 0 radical (unpaired) electrons. The van der Waals surface area contributed by atoms with Crippen LogP contribution in [0.4, 0.5) is 0 Å². The number of aliphatic hydroxyl groups excluding tert-OH is 2. The highest BCUT2D eigenvalue weighted by molar-refractivity contribution is 5.34. The molecule has 0 aromatic carbocycles. The van der Waals surface area contributed by atoms with Gasteiger partial charge in [-0.3, -0.25) is 0 Å². The monoisotopic (exact) mass is 208 g/mol. The Morgan fingerprint density at radius 2 is 2.13 bits per heavy atom. The van der Waals surface area contributed by atoms with Crippen molar-refractivity contribution in [2.24, 2.45) is 11.3 Å². The summed E-state index contributed by atoms with van der Waals surface area (Å²) in [4.78, 5) is 0. The predicted molar refractivity (Wildman–Crippen MR) is 60.4 cm³/mol. The minimum atomic E-state index is -0.286. The van der Waals surface area contributed by atoms with Crippen LogP contribution >= 0.6 is 0 Å². The number of aliphatic hydroxyl groups is 2. The van der Waals surface area contributed by atoms with Crippen molar-refractivity contribution in [3.8, 4) is 0 Å². The fourth-order valence-corrected chi connectivity index (χ4v) is 3.04. The molecule has 2 nitrogen and oxygen atoms in total. The molecule has 0 bridgehead atoms. The maximum atomic E-state index is 10.2. The second kappa shape index (κ2) is 3.46. The topological polar surface area (TPSA) is 40.5 Å². The van der Waals surface area contributed by atoms with E-state index < -0.39 is 0 Å². The van der Waals surface area contributed by atoms with Crippen LogP contribution in [-0.2, 0) is 0 Å². The van der Waals surface area contributed by atoms with Gasteiger partial charge in [-0.2, -0.15) is 0 Å². The SMILES string of the molecule is C=C1CC(CO)=C2CC(C)(C)C(O)C2C1. The lowest BCUT2D eigenvalue weighted by Gasteiger charge is -2.28. The summed E-state index contributed by atoms with van der Waals surface area (Å²) in [6.07, 6.45) is 2.35. The Balaban J connectivity index is 2.39. The molecule has 0 aromatic heterocycles. The van der Waals surface area contributed by atoms with Gasteiger partial charge in [-0.15, -0.1) is 0 Å². The van der Waals surface area contributed by atoms with Crippen molar-refractivity contribution >= 4 is 0 Å². The average Bonchev–Trinajstić information content (AvgIpc) is 2.39. The molecule has 0 aliphatic heterocycles. The molecule has 2 N–H and O–H groups in total. The molecule has 0 spiro atoms. The van der Waals surface area contributed by atoms with E-state index in [1.807, 2.05) is 0 Å². The third kappa shape index (κ3) is 1.66. The Morgan fingerprint density at radius 3 is 2.73 bits per heavy atom. The predicted octanol–water partition coefficient (Wildman–Crippen LogP) is 2.03. The van der Waals surface area contributed by atoms with Gasteiger partial charge in [0.05, 0.1) is 12.7 Å². The number of allylic oxidation sites excluding steroid dienone is 1. The molecule has 1 saturated carbocycles. The van der Waals surface area contributed by atoms with Gasteiger partial charge >= 0.3 is 0 Å². The molecule has 2 atom stereocenters. The van der Waals surface area contributed by atoms with Crippen molar-refractivity contribution in [1.82, 2.24) is 0 Å². The molecule has 0 saturated heterocycles. The number of rotatable bonds is 1. The summed E-state index contributed by atoms with van der Waals surface area (Å²) in [5.41, 5.74) is 3.48. The van der Waals surface area contributed by atoms with Crippen molar-refractivity contribution in [2.75, 3.05) is 6.61 Å². The molecule has 15 heavy (non-hydrogen) atoms. The number of fused-ring (bicyclic) bond motifs is 1. The van der Waals surface area contributed by atoms with Crippen LogP contribution in [0.15, 0.2) is 23.3 Å². The van der Waals surface area contributed by atoms with E-state index in [1.54, 1.807) is 0 Å². The Bertz CT molecular complexity index is 325. The van der Waals surface area contributed by atoms with E-state index in [0.717, 1.165) is 30.4 Å². The Morgan fingerprint density at radius 1 is 1.47 bits per heavy atom. The summed E-state index contributed by atoms with van der Waals surface area (Å²) in [7, 11) is 0. The Kier molecular flexibility index (Phi) is 2.52. The van der Waals surface area contributed by atoms with E-state index in [2.05, 4.69) is 20.4 Å². The molecule has 0 heterocycles. The van der Waals surface area contributed by atoms with Gasteiger partial charge in [0.25, 0.3) is 0 Å². The van der Waals surface area contributed by atoms with Gasteiger partial charge in [0, 0.05) is 5.92 Å². The van der Waals surface area contributed by atoms with Crippen LogP contribution in [0.2, 0.25) is 0 Å². The van der Waals surface area contributed by atoms with E-state index in [1.165, 1.54) is 5.57 Å². The van der Waals surface area contributed by atoms with Crippen LogP contribution in [0.5, 0.6) is 0 Å². The molecule has 84 valence electrons. The Labute approximate surface area is 91.3 Å². The van der Waals surface area contributed by atoms with Crippen molar-refractivity contribution in [3.63, 3.8) is 0 Å². The largest absolute Gasteiger partial charge is 0.392 e. The lowest BCUT2D eigenvalue weighted by molar-refractivity contribution is 0.0476. The second-order valence-electron chi connectivity index (χ2n) is 5.63. The molecule has 0 aromatic rings. The molecule has 2 aliphatic rings. The van der Waals surface area contributed by atoms with E-state index in [4.69, 9.17) is 0 Å². The second-order valence-corrected chi connectivity index (χ2v) is 5.63. The minimum Gasteiger partial charge on any atom is -0.392 e. The highest BCUT2D eigenvalue weighted by Crippen LogP contribution is 2.51. The molecule has 0 amide bonds. The summed E-state index contributed by atoms with van der Waals surface area (Å²) < 4.78 is 0. The first kappa shape index (κ1) is 10.9. The standard InChI is InChI=1S/C13H20O2/c1-8-4-9(7-14)11-6-13(2,3)12(15)10(11)5-8/h10,12,14-15H,1,4-7H2,2-3H3. The summed E-state index contributed by atoms with van der Waals surface area (Å²) in [5, 5.41) is 19.6. The molecule has 1 fully saturated rings. The maximum absolute atomic E-state index is 10.2. The molecule has 2 rings (SSSR count). The van der Waals surface area contributed by atoms with Gasteiger partial charge in [-0.05, 0) is 30.3 Å². The van der Waals surface area contributed by atoms with Crippen LogP contribution in [-0.4, -0.2) is 22.9 Å². The molecular formula is C13H20O2. The zero-order valence-electron chi connectivity index (χ0n) is 9.58. The van der Waals surface area contributed by atoms with Gasteiger partial charge in [0.15, 0.2) is 0 Å². The lowest BCUT2D eigenvalue weighted by Crippen LogP contribution is -2.29. The van der Waals surface area contributed by atoms with Crippen LogP contribution in [0.1, 0.15) is 33.1 Å². The first-order valence-electron chi connectivity index (χ1n) is 5.62. The van der Waals surface area contributed by atoms with Gasteiger partial charge in [-0.25, -0.2) is 0 Å². The van der Waals surface area contributed by atoms with Crippen molar-refractivity contribution in [1.29, 1.82) is 0 Å². The van der Waals surface area contributed by atoms with E-state index in [0.29, 0.717) is 0 Å². The van der Waals surface area contributed by atoms with Crippen LogP contribution < -0.4 is 0 Å². The maximum Gasteiger partial charge on any atom is 0.0662 e. The third-order valence-corrected chi connectivity index (χ3v) is 3.89. The summed E-state index contributed by atoms with van der Waals surface area (Å²) in [5.74, 6) is 0.211. The van der Waals surface area contributed by atoms with Gasteiger partial charge in [0.2, 0.25) is 0 Å². The zero-order chi connectivity index (χ0) is 11.2. The normalized spacial score (nSPS) is 34.5. The fourth-order valence-electron chi connectivity index (χ4n) is 3.04. The van der Waals surface area contributed by atoms with Gasteiger partial charge in [-0.1, -0.05) is 31.6 Å². The van der Waals surface area contributed by atoms with Crippen LogP contribution in [0.25, 0.3) is 0 Å². The zero-order valence-corrected chi connectivity index (χ0v) is 9.58. The summed E-state index contributed by atoms with van der Waals surface area (Å²) in [6.45, 7) is 8.31. The van der Waals surface area contributed by atoms with E-state index in [9.17, 15) is 10.2 Å². The first-order valence-corrected chi connectivity index (χ1v) is 5.62. The smallest absolute Gasteiger partial charge is 0.0662 e.